The SMILES string of the molecule is Cn1c(CN(C(=O)c2ccccc2)c2ccc3sc(C(=O)NCc4cccnc4)cc3c2)nc2ccccc21. The number of anilines is 1. The van der Waals surface area contributed by atoms with Gasteiger partial charge in [-0.25, -0.2) is 4.98 Å². The highest BCUT2D eigenvalue weighted by atomic mass is 32.1. The summed E-state index contributed by atoms with van der Waals surface area (Å²) >= 11 is 1.43. The third kappa shape index (κ3) is 5.02. The van der Waals surface area contributed by atoms with Gasteiger partial charge in [-0.05, 0) is 65.5 Å². The van der Waals surface area contributed by atoms with E-state index in [-0.39, 0.29) is 11.8 Å². The van der Waals surface area contributed by atoms with Crippen molar-refractivity contribution in [1.29, 1.82) is 0 Å². The normalized spacial score (nSPS) is 11.1. The van der Waals surface area contributed by atoms with E-state index >= 15 is 0 Å². The molecular weight excluding hydrogens is 506 g/mol. The molecule has 3 heterocycles. The Labute approximate surface area is 229 Å². The summed E-state index contributed by atoms with van der Waals surface area (Å²) in [5.74, 6) is 0.520. The molecule has 3 aromatic heterocycles. The van der Waals surface area contributed by atoms with Gasteiger partial charge in [-0.15, -0.1) is 11.3 Å². The van der Waals surface area contributed by atoms with Crippen molar-refractivity contribution in [2.24, 2.45) is 7.05 Å². The lowest BCUT2D eigenvalue weighted by molar-refractivity contribution is 0.0953. The molecule has 39 heavy (non-hydrogen) atoms. The van der Waals surface area contributed by atoms with Gasteiger partial charge in [-0.1, -0.05) is 36.4 Å². The standard InChI is InChI=1S/C31H25N5O2S/c1-35-26-12-6-5-11-25(26)34-29(35)20-36(31(38)22-9-3-2-4-10-22)24-13-14-27-23(16-24)17-28(39-27)30(37)33-19-21-8-7-15-32-18-21/h2-18H,19-20H2,1H3,(H,33,37). The third-order valence-corrected chi connectivity index (χ3v) is 7.77. The van der Waals surface area contributed by atoms with Crippen LogP contribution in [0.3, 0.4) is 0 Å². The zero-order chi connectivity index (χ0) is 26.8. The molecule has 0 radical (unpaired) electrons. The van der Waals surface area contributed by atoms with E-state index in [9.17, 15) is 9.59 Å². The van der Waals surface area contributed by atoms with Crippen LogP contribution in [0.5, 0.6) is 0 Å². The first-order chi connectivity index (χ1) is 19.1. The van der Waals surface area contributed by atoms with E-state index in [1.807, 2.05) is 103 Å². The molecule has 0 saturated carbocycles. The summed E-state index contributed by atoms with van der Waals surface area (Å²) in [5, 5.41) is 3.86. The predicted molar refractivity (Wildman–Crippen MR) is 155 cm³/mol. The van der Waals surface area contributed by atoms with E-state index in [0.29, 0.717) is 23.5 Å². The van der Waals surface area contributed by atoms with Crippen LogP contribution in [0.4, 0.5) is 5.69 Å². The maximum atomic E-state index is 13.8. The van der Waals surface area contributed by atoms with Crippen molar-refractivity contribution in [2.75, 3.05) is 4.90 Å². The van der Waals surface area contributed by atoms with Crippen molar-refractivity contribution < 1.29 is 9.59 Å². The van der Waals surface area contributed by atoms with Crippen LogP contribution in [0.1, 0.15) is 31.4 Å². The highest BCUT2D eigenvalue weighted by Crippen LogP contribution is 2.31. The van der Waals surface area contributed by atoms with Crippen molar-refractivity contribution >= 4 is 50.0 Å². The summed E-state index contributed by atoms with van der Waals surface area (Å²) in [6, 6.07) is 28.7. The lowest BCUT2D eigenvalue weighted by atomic mass is 10.1. The number of pyridine rings is 1. The zero-order valence-electron chi connectivity index (χ0n) is 21.2. The molecule has 1 N–H and O–H groups in total. The molecule has 2 amide bonds. The second kappa shape index (κ2) is 10.5. The molecule has 8 heteroatoms. The van der Waals surface area contributed by atoms with Crippen molar-refractivity contribution in [3.63, 3.8) is 0 Å². The molecule has 0 atom stereocenters. The highest BCUT2D eigenvalue weighted by Gasteiger charge is 2.22. The van der Waals surface area contributed by atoms with E-state index < -0.39 is 0 Å². The van der Waals surface area contributed by atoms with Gasteiger partial charge in [-0.2, -0.15) is 0 Å². The lowest BCUT2D eigenvalue weighted by Crippen LogP contribution is -2.31. The fraction of sp³-hybridized carbons (Fsp3) is 0.0968. The molecular formula is C31H25N5O2S. The molecule has 7 nitrogen and oxygen atoms in total. The number of fused-ring (bicyclic) bond motifs is 2. The summed E-state index contributed by atoms with van der Waals surface area (Å²) in [7, 11) is 1.97. The number of hydrogen-bond acceptors (Lipinski definition) is 5. The lowest BCUT2D eigenvalue weighted by Gasteiger charge is -2.23. The molecule has 6 rings (SSSR count). The number of aryl methyl sites for hydroxylation is 1. The number of para-hydroxylation sites is 2. The fourth-order valence-corrected chi connectivity index (χ4v) is 5.54. The molecule has 0 saturated heterocycles. The molecule has 0 aliphatic rings. The van der Waals surface area contributed by atoms with Gasteiger partial charge in [-0.3, -0.25) is 14.6 Å². The first kappa shape index (κ1) is 24.5. The third-order valence-electron chi connectivity index (χ3n) is 6.66. The fourth-order valence-electron chi connectivity index (χ4n) is 4.58. The van der Waals surface area contributed by atoms with Crippen molar-refractivity contribution in [3.8, 4) is 0 Å². The van der Waals surface area contributed by atoms with E-state index in [4.69, 9.17) is 4.98 Å². The van der Waals surface area contributed by atoms with Crippen LogP contribution in [-0.4, -0.2) is 26.3 Å². The molecule has 0 unspecified atom stereocenters. The summed E-state index contributed by atoms with van der Waals surface area (Å²) in [6.45, 7) is 0.705. The number of carbonyl (C=O) groups is 2. The van der Waals surface area contributed by atoms with E-state index in [1.54, 1.807) is 17.3 Å². The van der Waals surface area contributed by atoms with Crippen LogP contribution >= 0.6 is 11.3 Å². The Morgan fingerprint density at radius 2 is 1.77 bits per heavy atom. The Kier molecular flexibility index (Phi) is 6.61. The maximum Gasteiger partial charge on any atom is 0.261 e. The van der Waals surface area contributed by atoms with Gasteiger partial charge in [0.25, 0.3) is 11.8 Å². The number of benzene rings is 3. The second-order valence-electron chi connectivity index (χ2n) is 9.21. The van der Waals surface area contributed by atoms with Gasteiger partial charge < -0.3 is 14.8 Å². The minimum atomic E-state index is -0.140. The quantitative estimate of drug-likeness (QED) is 0.276. The van der Waals surface area contributed by atoms with Gasteiger partial charge in [0.1, 0.15) is 5.82 Å². The van der Waals surface area contributed by atoms with Gasteiger partial charge in [0, 0.05) is 41.9 Å². The number of carbonyl (C=O) groups excluding carboxylic acids is 2. The topological polar surface area (TPSA) is 80.1 Å². The number of amides is 2. The molecule has 0 aliphatic carbocycles. The summed E-state index contributed by atoms with van der Waals surface area (Å²) in [6.07, 6.45) is 3.44. The Morgan fingerprint density at radius 3 is 2.56 bits per heavy atom. The largest absolute Gasteiger partial charge is 0.347 e. The van der Waals surface area contributed by atoms with Crippen LogP contribution in [0.2, 0.25) is 0 Å². The number of imidazole rings is 1. The molecule has 192 valence electrons. The molecule has 0 spiro atoms. The van der Waals surface area contributed by atoms with Crippen LogP contribution in [0, 0.1) is 0 Å². The number of nitrogens with one attached hydrogen (secondary N) is 1. The molecule has 0 aliphatic heterocycles. The van der Waals surface area contributed by atoms with Crippen molar-refractivity contribution in [3.05, 3.63) is 125 Å². The summed E-state index contributed by atoms with van der Waals surface area (Å²) in [4.78, 5) is 37.9. The molecule has 0 fully saturated rings. The minimum absolute atomic E-state index is 0.119. The maximum absolute atomic E-state index is 13.8. The Balaban J connectivity index is 1.32. The second-order valence-corrected chi connectivity index (χ2v) is 10.3. The first-order valence-electron chi connectivity index (χ1n) is 12.5. The monoisotopic (exact) mass is 531 g/mol. The Bertz CT molecular complexity index is 1790. The van der Waals surface area contributed by atoms with Gasteiger partial charge >= 0.3 is 0 Å². The average Bonchev–Trinajstić information content (AvgIpc) is 3.56. The molecule has 6 aromatic rings. The zero-order valence-corrected chi connectivity index (χ0v) is 22.1. The van der Waals surface area contributed by atoms with E-state index in [0.717, 1.165) is 38.2 Å². The van der Waals surface area contributed by atoms with Crippen molar-refractivity contribution in [2.45, 2.75) is 13.1 Å². The molecule has 3 aromatic carbocycles. The number of nitrogens with zero attached hydrogens (tertiary/aromatic N) is 4. The van der Waals surface area contributed by atoms with Crippen LogP contribution < -0.4 is 10.2 Å². The van der Waals surface area contributed by atoms with Crippen molar-refractivity contribution in [1.82, 2.24) is 19.9 Å². The Hall–Kier alpha value is -4.82. The number of thiophene rings is 1. The smallest absolute Gasteiger partial charge is 0.261 e. The van der Waals surface area contributed by atoms with Crippen LogP contribution in [0.25, 0.3) is 21.1 Å². The summed E-state index contributed by atoms with van der Waals surface area (Å²) in [5.41, 5.74) is 4.17. The van der Waals surface area contributed by atoms with Gasteiger partial charge in [0.15, 0.2) is 0 Å². The van der Waals surface area contributed by atoms with Gasteiger partial charge in [0.2, 0.25) is 0 Å². The van der Waals surface area contributed by atoms with E-state index in [2.05, 4.69) is 10.3 Å². The Morgan fingerprint density at radius 1 is 0.949 bits per heavy atom. The van der Waals surface area contributed by atoms with Crippen LogP contribution in [-0.2, 0) is 20.1 Å². The average molecular weight is 532 g/mol. The van der Waals surface area contributed by atoms with Crippen LogP contribution in [0.15, 0.2) is 103 Å². The minimum Gasteiger partial charge on any atom is -0.347 e. The first-order valence-corrected chi connectivity index (χ1v) is 13.4. The van der Waals surface area contributed by atoms with Gasteiger partial charge in [0.05, 0.1) is 22.5 Å². The number of hydrogen-bond donors (Lipinski definition) is 1. The summed E-state index contributed by atoms with van der Waals surface area (Å²) < 4.78 is 2.99. The predicted octanol–water partition coefficient (Wildman–Crippen LogP) is 5.96. The number of rotatable bonds is 7. The molecule has 0 bridgehead atoms. The highest BCUT2D eigenvalue weighted by molar-refractivity contribution is 7.20. The number of aromatic nitrogens is 3. The van der Waals surface area contributed by atoms with E-state index in [1.165, 1.54) is 11.3 Å².